The number of hydrogen-bond donors (Lipinski definition) is 1. The fourth-order valence-corrected chi connectivity index (χ4v) is 1.57. The molecule has 1 radical (unpaired) electrons. The zero-order valence-corrected chi connectivity index (χ0v) is 10.6. The number of aromatic nitrogens is 1. The molecule has 0 aliphatic heterocycles. The van der Waals surface area contributed by atoms with Gasteiger partial charge in [-0.05, 0) is 30.9 Å². The van der Waals surface area contributed by atoms with Crippen LogP contribution in [0.1, 0.15) is 23.3 Å². The molecule has 1 aliphatic rings. The van der Waals surface area contributed by atoms with E-state index in [4.69, 9.17) is 10.5 Å². The third-order valence-electron chi connectivity index (χ3n) is 2.92. The lowest BCUT2D eigenvalue weighted by Gasteiger charge is -2.18. The molecule has 5 nitrogen and oxygen atoms in total. The first-order chi connectivity index (χ1) is 8.66. The minimum absolute atomic E-state index is 0.165. The van der Waals surface area contributed by atoms with Crippen LogP contribution in [-0.4, -0.2) is 37.7 Å². The lowest BCUT2D eigenvalue weighted by molar-refractivity contribution is 0.0995. The summed E-state index contributed by atoms with van der Waals surface area (Å²) in [6, 6.07) is 6.17. The molecule has 1 aliphatic carbocycles. The summed E-state index contributed by atoms with van der Waals surface area (Å²) in [6.07, 6.45) is 2.60. The van der Waals surface area contributed by atoms with Gasteiger partial charge in [0.1, 0.15) is 11.5 Å². The van der Waals surface area contributed by atoms with Gasteiger partial charge < -0.3 is 15.4 Å². The quantitative estimate of drug-likeness (QED) is 0.726. The van der Waals surface area contributed by atoms with Crippen LogP contribution in [0.5, 0.6) is 0 Å². The highest BCUT2D eigenvalue weighted by molar-refractivity contribution is 5.90. The second-order valence-electron chi connectivity index (χ2n) is 4.60. The number of nitrogens with zero attached hydrogens (tertiary/aromatic N) is 2. The first kappa shape index (κ1) is 12.8. The lowest BCUT2D eigenvalue weighted by atomic mass is 10.3. The fraction of sp³-hybridized carbons (Fsp3) is 0.538. The van der Waals surface area contributed by atoms with Crippen LogP contribution in [0.25, 0.3) is 0 Å². The highest BCUT2D eigenvalue weighted by atomic mass is 16.5. The van der Waals surface area contributed by atoms with E-state index in [1.54, 1.807) is 12.1 Å². The van der Waals surface area contributed by atoms with Gasteiger partial charge in [0.25, 0.3) is 5.91 Å². The number of amides is 1. The molecule has 0 atom stereocenters. The minimum atomic E-state index is -0.560. The van der Waals surface area contributed by atoms with Crippen molar-refractivity contribution in [3.8, 4) is 0 Å². The highest BCUT2D eigenvalue weighted by Crippen LogP contribution is 2.28. The fourth-order valence-electron chi connectivity index (χ4n) is 1.57. The van der Waals surface area contributed by atoms with Crippen LogP contribution in [-0.2, 0) is 4.74 Å². The van der Waals surface area contributed by atoms with E-state index in [1.165, 1.54) is 12.8 Å². The SMILES string of the molecule is CN(CCOCC1CC1)c1cc[c]c(C(N)=O)n1. The molecule has 2 rings (SSSR count). The van der Waals surface area contributed by atoms with E-state index in [2.05, 4.69) is 11.1 Å². The largest absolute Gasteiger partial charge is 0.379 e. The van der Waals surface area contributed by atoms with Crippen LogP contribution in [0.3, 0.4) is 0 Å². The molecule has 1 heterocycles. The van der Waals surface area contributed by atoms with Crippen molar-refractivity contribution in [3.05, 3.63) is 23.9 Å². The van der Waals surface area contributed by atoms with E-state index in [9.17, 15) is 4.79 Å². The van der Waals surface area contributed by atoms with Crippen LogP contribution < -0.4 is 10.6 Å². The molecular weight excluding hydrogens is 230 g/mol. The summed E-state index contributed by atoms with van der Waals surface area (Å²) in [5.74, 6) is 0.925. The standard InChI is InChI=1S/C13H18N3O2/c1-16(7-8-18-9-10-5-6-10)12-4-2-3-11(15-12)13(14)17/h2,4,10H,5-9H2,1H3,(H2,14,17). The Labute approximate surface area is 107 Å². The van der Waals surface area contributed by atoms with E-state index >= 15 is 0 Å². The van der Waals surface area contributed by atoms with Crippen molar-refractivity contribution >= 4 is 11.7 Å². The highest BCUT2D eigenvalue weighted by Gasteiger charge is 2.21. The summed E-state index contributed by atoms with van der Waals surface area (Å²) >= 11 is 0. The van der Waals surface area contributed by atoms with Crippen LogP contribution in [0.2, 0.25) is 0 Å². The predicted octanol–water partition coefficient (Wildman–Crippen LogP) is 0.843. The molecule has 18 heavy (non-hydrogen) atoms. The van der Waals surface area contributed by atoms with Crippen molar-refractivity contribution < 1.29 is 9.53 Å². The van der Waals surface area contributed by atoms with Gasteiger partial charge in [-0.3, -0.25) is 4.79 Å². The van der Waals surface area contributed by atoms with Gasteiger partial charge in [0.05, 0.1) is 6.61 Å². The summed E-state index contributed by atoms with van der Waals surface area (Å²) < 4.78 is 5.56. The average molecular weight is 248 g/mol. The summed E-state index contributed by atoms with van der Waals surface area (Å²) in [6.45, 7) is 2.26. The maximum Gasteiger partial charge on any atom is 0.268 e. The Hall–Kier alpha value is -1.62. The molecule has 0 bridgehead atoms. The van der Waals surface area contributed by atoms with Gasteiger partial charge in [-0.15, -0.1) is 0 Å². The molecular formula is C13H18N3O2. The first-order valence-corrected chi connectivity index (χ1v) is 6.14. The second kappa shape index (κ2) is 5.82. The summed E-state index contributed by atoms with van der Waals surface area (Å²) in [4.78, 5) is 17.1. The van der Waals surface area contributed by atoms with Gasteiger partial charge in [-0.25, -0.2) is 4.98 Å². The van der Waals surface area contributed by atoms with Gasteiger partial charge in [0.2, 0.25) is 0 Å². The van der Waals surface area contributed by atoms with E-state index in [1.807, 2.05) is 11.9 Å². The number of anilines is 1. The van der Waals surface area contributed by atoms with Gasteiger partial charge in [0, 0.05) is 26.3 Å². The number of likely N-dealkylation sites (N-methyl/N-ethyl adjacent to an activating group) is 1. The van der Waals surface area contributed by atoms with E-state index in [0.29, 0.717) is 12.4 Å². The zero-order valence-electron chi connectivity index (χ0n) is 10.6. The van der Waals surface area contributed by atoms with E-state index in [0.717, 1.165) is 19.1 Å². The van der Waals surface area contributed by atoms with Gasteiger partial charge in [-0.1, -0.05) is 0 Å². The molecule has 97 valence electrons. The Morgan fingerprint density at radius 2 is 2.44 bits per heavy atom. The Kier molecular flexibility index (Phi) is 4.15. The van der Waals surface area contributed by atoms with Crippen molar-refractivity contribution in [1.29, 1.82) is 0 Å². The normalized spacial score (nSPS) is 14.5. The smallest absolute Gasteiger partial charge is 0.268 e. The Morgan fingerprint density at radius 3 is 3.11 bits per heavy atom. The third-order valence-corrected chi connectivity index (χ3v) is 2.92. The summed E-state index contributed by atoms with van der Waals surface area (Å²) in [5.41, 5.74) is 5.33. The second-order valence-corrected chi connectivity index (χ2v) is 4.60. The van der Waals surface area contributed by atoms with Gasteiger partial charge >= 0.3 is 0 Å². The Morgan fingerprint density at radius 1 is 1.67 bits per heavy atom. The lowest BCUT2D eigenvalue weighted by Crippen LogP contribution is -2.25. The molecule has 0 spiro atoms. The molecule has 1 aromatic heterocycles. The van der Waals surface area contributed by atoms with Gasteiger partial charge in [0.15, 0.2) is 0 Å². The molecule has 0 saturated heterocycles. The molecule has 1 saturated carbocycles. The Bertz CT molecular complexity index is 418. The number of nitrogens with two attached hydrogens (primary N) is 1. The number of hydrogen-bond acceptors (Lipinski definition) is 4. The van der Waals surface area contributed by atoms with Crippen molar-refractivity contribution in [2.45, 2.75) is 12.8 Å². The van der Waals surface area contributed by atoms with Crippen molar-refractivity contribution in [2.24, 2.45) is 11.7 Å². The van der Waals surface area contributed by atoms with Crippen molar-refractivity contribution in [3.63, 3.8) is 0 Å². The maximum absolute atomic E-state index is 11.0. The van der Waals surface area contributed by atoms with Crippen LogP contribution in [0.15, 0.2) is 12.1 Å². The van der Waals surface area contributed by atoms with E-state index in [-0.39, 0.29) is 5.69 Å². The van der Waals surface area contributed by atoms with Crippen LogP contribution >= 0.6 is 0 Å². The topological polar surface area (TPSA) is 68.5 Å². The molecule has 1 aromatic rings. The maximum atomic E-state index is 11.0. The number of carbonyl (C=O) groups is 1. The molecule has 1 fully saturated rings. The number of ether oxygens (including phenoxy) is 1. The number of pyridine rings is 1. The predicted molar refractivity (Wildman–Crippen MR) is 68.4 cm³/mol. The molecule has 1 amide bonds. The molecule has 0 aromatic carbocycles. The minimum Gasteiger partial charge on any atom is -0.379 e. The van der Waals surface area contributed by atoms with Crippen LogP contribution in [0.4, 0.5) is 5.82 Å². The number of primary amides is 1. The van der Waals surface area contributed by atoms with Crippen molar-refractivity contribution in [2.75, 3.05) is 31.7 Å². The number of carbonyl (C=O) groups excluding carboxylic acids is 1. The van der Waals surface area contributed by atoms with Gasteiger partial charge in [-0.2, -0.15) is 0 Å². The zero-order chi connectivity index (χ0) is 13.0. The Balaban J connectivity index is 1.81. The van der Waals surface area contributed by atoms with Crippen LogP contribution in [0, 0.1) is 12.0 Å². The third kappa shape index (κ3) is 3.70. The average Bonchev–Trinajstić information content (AvgIpc) is 3.18. The molecule has 2 N–H and O–H groups in total. The molecule has 0 unspecified atom stereocenters. The van der Waals surface area contributed by atoms with Crippen molar-refractivity contribution in [1.82, 2.24) is 4.98 Å². The monoisotopic (exact) mass is 248 g/mol. The summed E-state index contributed by atoms with van der Waals surface area (Å²) in [7, 11) is 1.91. The van der Waals surface area contributed by atoms with E-state index < -0.39 is 5.91 Å². The summed E-state index contributed by atoms with van der Waals surface area (Å²) in [5, 5.41) is 0. The number of rotatable bonds is 7. The molecule has 5 heteroatoms. The first-order valence-electron chi connectivity index (χ1n) is 6.14.